The molecule has 3 nitrogen and oxygen atoms in total. The predicted molar refractivity (Wildman–Crippen MR) is 97.4 cm³/mol. The van der Waals surface area contributed by atoms with Crippen LogP contribution in [0.25, 0.3) is 0 Å². The minimum Gasteiger partial charge on any atom is -0.348 e. The lowest BCUT2D eigenvalue weighted by atomic mass is 10.1. The van der Waals surface area contributed by atoms with Gasteiger partial charge in [0, 0.05) is 23.6 Å². The lowest BCUT2D eigenvalue weighted by molar-refractivity contribution is -0.121. The number of aryl methyl sites for hydroxylation is 1. The number of hydrogen-bond acceptors (Lipinski definition) is 3. The normalized spacial score (nSPS) is 11.9. The lowest BCUT2D eigenvalue weighted by Gasteiger charge is -2.17. The maximum Gasteiger partial charge on any atom is 0.221 e. The summed E-state index contributed by atoms with van der Waals surface area (Å²) in [5.41, 5.74) is 3.22. The fraction of sp³-hybridized carbons (Fsp3) is 0.368. The van der Waals surface area contributed by atoms with E-state index in [1.807, 2.05) is 43.3 Å². The monoisotopic (exact) mass is 328 g/mol. The first kappa shape index (κ1) is 17.5. The molecule has 23 heavy (non-hydrogen) atoms. The molecule has 2 aromatic rings. The number of benzene rings is 1. The van der Waals surface area contributed by atoms with Crippen molar-refractivity contribution >= 4 is 17.7 Å². The largest absolute Gasteiger partial charge is 0.348 e. The van der Waals surface area contributed by atoms with Crippen LogP contribution in [0.5, 0.6) is 0 Å². The van der Waals surface area contributed by atoms with Gasteiger partial charge in [0.05, 0.1) is 11.7 Å². The zero-order valence-electron chi connectivity index (χ0n) is 13.8. The topological polar surface area (TPSA) is 42.0 Å². The van der Waals surface area contributed by atoms with Gasteiger partial charge in [0.25, 0.3) is 0 Å². The molecule has 1 heterocycles. The Bertz CT molecular complexity index is 616. The number of nitrogens with zero attached hydrogens (tertiary/aromatic N) is 1. The number of thioether (sulfide) groups is 1. The number of hydrogen-bond donors (Lipinski definition) is 1. The van der Waals surface area contributed by atoms with Crippen molar-refractivity contribution in [3.8, 4) is 0 Å². The summed E-state index contributed by atoms with van der Waals surface area (Å²) in [5, 5.41) is 3.09. The maximum absolute atomic E-state index is 12.1. The van der Waals surface area contributed by atoms with Crippen molar-refractivity contribution in [3.63, 3.8) is 0 Å². The first-order chi connectivity index (χ1) is 11.2. The quantitative estimate of drug-likeness (QED) is 0.735. The zero-order valence-corrected chi connectivity index (χ0v) is 14.6. The molecule has 1 unspecified atom stereocenters. The van der Waals surface area contributed by atoms with Crippen LogP contribution in [0, 0.1) is 6.92 Å². The smallest absolute Gasteiger partial charge is 0.221 e. The highest BCUT2D eigenvalue weighted by molar-refractivity contribution is 7.98. The maximum atomic E-state index is 12.1. The molecule has 4 heteroatoms. The molecule has 0 spiro atoms. The summed E-state index contributed by atoms with van der Waals surface area (Å²) < 4.78 is 0. The Morgan fingerprint density at radius 1 is 1.17 bits per heavy atom. The van der Waals surface area contributed by atoms with Crippen LogP contribution in [0.2, 0.25) is 0 Å². The summed E-state index contributed by atoms with van der Waals surface area (Å²) in [6.07, 6.45) is 1.39. The molecule has 1 amide bonds. The Balaban J connectivity index is 1.75. The molecule has 1 aromatic heterocycles. The highest BCUT2D eigenvalue weighted by Crippen LogP contribution is 2.16. The molecular formula is C19H24N2OS. The first-order valence-corrected chi connectivity index (χ1v) is 9.19. The fourth-order valence-electron chi connectivity index (χ4n) is 2.34. The summed E-state index contributed by atoms with van der Waals surface area (Å²) in [7, 11) is 0. The Kier molecular flexibility index (Phi) is 7.14. The van der Waals surface area contributed by atoms with Gasteiger partial charge in [0.1, 0.15) is 0 Å². The number of rotatable bonds is 8. The summed E-state index contributed by atoms with van der Waals surface area (Å²) >= 11 is 1.79. The predicted octanol–water partition coefficient (Wildman–Crippen LogP) is 4.28. The van der Waals surface area contributed by atoms with Crippen molar-refractivity contribution < 1.29 is 4.79 Å². The highest BCUT2D eigenvalue weighted by atomic mass is 32.2. The van der Waals surface area contributed by atoms with E-state index < -0.39 is 0 Å². The van der Waals surface area contributed by atoms with Gasteiger partial charge in [0.15, 0.2) is 0 Å². The van der Waals surface area contributed by atoms with Crippen LogP contribution < -0.4 is 5.32 Å². The molecule has 0 bridgehead atoms. The van der Waals surface area contributed by atoms with Gasteiger partial charge in [-0.3, -0.25) is 9.78 Å². The zero-order chi connectivity index (χ0) is 16.5. The fourth-order valence-corrected chi connectivity index (χ4v) is 3.24. The van der Waals surface area contributed by atoms with E-state index in [1.165, 1.54) is 5.56 Å². The molecule has 2 rings (SSSR count). The van der Waals surface area contributed by atoms with Crippen molar-refractivity contribution in [1.29, 1.82) is 0 Å². The summed E-state index contributed by atoms with van der Waals surface area (Å²) in [6.45, 7) is 4.04. The Labute approximate surface area is 142 Å². The second-order valence-corrected chi connectivity index (χ2v) is 6.63. The summed E-state index contributed by atoms with van der Waals surface area (Å²) in [5.74, 6) is 1.88. The standard InChI is InChI=1S/C19H24N2OS/c1-3-17(18-11-7-8-15(2)20-18)21-19(22)12-13-23-14-16-9-5-4-6-10-16/h4-11,17H,3,12-14H2,1-2H3,(H,21,22). The van der Waals surface area contributed by atoms with E-state index in [2.05, 4.69) is 29.4 Å². The van der Waals surface area contributed by atoms with Gasteiger partial charge >= 0.3 is 0 Å². The number of pyridine rings is 1. The highest BCUT2D eigenvalue weighted by Gasteiger charge is 2.13. The number of aromatic nitrogens is 1. The van der Waals surface area contributed by atoms with Gasteiger partial charge in [-0.25, -0.2) is 0 Å². The molecule has 0 saturated heterocycles. The van der Waals surface area contributed by atoms with Crippen LogP contribution in [0.1, 0.15) is 42.8 Å². The van der Waals surface area contributed by atoms with Crippen molar-refractivity contribution in [2.75, 3.05) is 5.75 Å². The average Bonchev–Trinajstić information content (AvgIpc) is 2.57. The van der Waals surface area contributed by atoms with Gasteiger partial charge in [-0.1, -0.05) is 43.3 Å². The van der Waals surface area contributed by atoms with Gasteiger partial charge in [-0.2, -0.15) is 11.8 Å². The third kappa shape index (κ3) is 6.06. The minimum atomic E-state index is 0.00141. The van der Waals surface area contributed by atoms with Crippen molar-refractivity contribution in [3.05, 3.63) is 65.5 Å². The van der Waals surface area contributed by atoms with E-state index in [0.29, 0.717) is 6.42 Å². The van der Waals surface area contributed by atoms with E-state index in [4.69, 9.17) is 0 Å². The number of carbonyl (C=O) groups excluding carboxylic acids is 1. The average molecular weight is 328 g/mol. The summed E-state index contributed by atoms with van der Waals surface area (Å²) in [4.78, 5) is 16.6. The van der Waals surface area contributed by atoms with Gasteiger partial charge < -0.3 is 5.32 Å². The molecule has 1 aromatic carbocycles. The van der Waals surface area contributed by atoms with Gasteiger partial charge in [-0.05, 0) is 31.0 Å². The Hall–Kier alpha value is -1.81. The third-order valence-electron chi connectivity index (χ3n) is 3.60. The molecule has 0 fully saturated rings. The van der Waals surface area contributed by atoms with E-state index in [-0.39, 0.29) is 11.9 Å². The van der Waals surface area contributed by atoms with Crippen molar-refractivity contribution in [2.24, 2.45) is 0 Å². The third-order valence-corrected chi connectivity index (χ3v) is 4.63. The lowest BCUT2D eigenvalue weighted by Crippen LogP contribution is -2.29. The van der Waals surface area contributed by atoms with E-state index >= 15 is 0 Å². The van der Waals surface area contributed by atoms with Crippen molar-refractivity contribution in [2.45, 2.75) is 38.5 Å². The molecule has 0 aliphatic carbocycles. The minimum absolute atomic E-state index is 0.00141. The molecule has 0 saturated carbocycles. The van der Waals surface area contributed by atoms with Crippen LogP contribution in [0.15, 0.2) is 48.5 Å². The van der Waals surface area contributed by atoms with Crippen LogP contribution in [-0.4, -0.2) is 16.6 Å². The van der Waals surface area contributed by atoms with Crippen LogP contribution in [0.4, 0.5) is 0 Å². The molecule has 0 radical (unpaired) electrons. The van der Waals surface area contributed by atoms with Crippen molar-refractivity contribution in [1.82, 2.24) is 10.3 Å². The van der Waals surface area contributed by atoms with Crippen LogP contribution in [-0.2, 0) is 10.5 Å². The number of nitrogens with one attached hydrogen (secondary N) is 1. The molecule has 0 aliphatic rings. The van der Waals surface area contributed by atoms with Gasteiger partial charge in [-0.15, -0.1) is 0 Å². The van der Waals surface area contributed by atoms with E-state index in [9.17, 15) is 4.79 Å². The van der Waals surface area contributed by atoms with E-state index in [1.54, 1.807) is 11.8 Å². The molecule has 1 atom stereocenters. The van der Waals surface area contributed by atoms with Crippen LogP contribution >= 0.6 is 11.8 Å². The van der Waals surface area contributed by atoms with E-state index in [0.717, 1.165) is 29.3 Å². The number of carbonyl (C=O) groups is 1. The Morgan fingerprint density at radius 3 is 2.65 bits per heavy atom. The van der Waals surface area contributed by atoms with Crippen LogP contribution in [0.3, 0.4) is 0 Å². The second kappa shape index (κ2) is 9.36. The first-order valence-electron chi connectivity index (χ1n) is 8.03. The molecule has 1 N–H and O–H groups in total. The summed E-state index contributed by atoms with van der Waals surface area (Å²) in [6, 6.07) is 16.3. The molecule has 122 valence electrons. The Morgan fingerprint density at radius 2 is 1.96 bits per heavy atom. The number of amides is 1. The van der Waals surface area contributed by atoms with Gasteiger partial charge in [0.2, 0.25) is 5.91 Å². The second-order valence-electron chi connectivity index (χ2n) is 5.52. The molecule has 0 aliphatic heterocycles. The SMILES string of the molecule is CCC(NC(=O)CCSCc1ccccc1)c1cccc(C)n1. The molecular weight excluding hydrogens is 304 g/mol.